The molecule has 0 N–H and O–H groups in total. The first-order valence-corrected chi connectivity index (χ1v) is 3.18. The van der Waals surface area contributed by atoms with Gasteiger partial charge >= 0.3 is 5.82 Å². The molecule has 0 radical (unpaired) electrons. The summed E-state index contributed by atoms with van der Waals surface area (Å²) in [5.74, 6) is -0.727. The van der Waals surface area contributed by atoms with Crippen LogP contribution in [0.5, 0.6) is 0 Å². The first-order valence-electron chi connectivity index (χ1n) is 3.18. The summed E-state index contributed by atoms with van der Waals surface area (Å²) in [5.41, 5.74) is -0.230. The van der Waals surface area contributed by atoms with Crippen LogP contribution in [0, 0.1) is 21.4 Å². The van der Waals surface area contributed by atoms with Crippen LogP contribution >= 0.6 is 0 Å². The van der Waals surface area contributed by atoms with E-state index >= 15 is 0 Å². The van der Waals surface area contributed by atoms with Gasteiger partial charge in [-0.05, 0) is 9.91 Å². The Bertz CT molecular complexity index is 414. The SMILES string of the molecule is Cn1c(C=O)nc([N+](=O)[O-])c1C#N. The van der Waals surface area contributed by atoms with Crippen molar-refractivity contribution in [3.05, 3.63) is 21.6 Å². The average molecular weight is 180 g/mol. The minimum atomic E-state index is -0.800. The zero-order valence-corrected chi connectivity index (χ0v) is 6.59. The largest absolute Gasteiger partial charge is 0.401 e. The van der Waals surface area contributed by atoms with Gasteiger partial charge in [0.05, 0.1) is 0 Å². The van der Waals surface area contributed by atoms with Crippen LogP contribution in [0.4, 0.5) is 5.82 Å². The van der Waals surface area contributed by atoms with Crippen LogP contribution in [-0.4, -0.2) is 20.8 Å². The van der Waals surface area contributed by atoms with Gasteiger partial charge in [-0.1, -0.05) is 0 Å². The summed E-state index contributed by atoms with van der Waals surface area (Å²) >= 11 is 0. The maximum atomic E-state index is 10.3. The van der Waals surface area contributed by atoms with E-state index in [1.807, 2.05) is 0 Å². The Labute approximate surface area is 72.4 Å². The van der Waals surface area contributed by atoms with E-state index in [9.17, 15) is 14.9 Å². The second-order valence-corrected chi connectivity index (χ2v) is 2.19. The molecule has 0 bridgehead atoms. The Balaban J connectivity index is 3.47. The minimum Gasteiger partial charge on any atom is -0.358 e. The maximum absolute atomic E-state index is 10.3. The highest BCUT2D eigenvalue weighted by atomic mass is 16.6. The van der Waals surface area contributed by atoms with E-state index in [0.717, 1.165) is 4.57 Å². The lowest BCUT2D eigenvalue weighted by atomic mass is 10.5. The number of imidazole rings is 1. The second kappa shape index (κ2) is 3.02. The number of hydrogen-bond donors (Lipinski definition) is 0. The zero-order valence-electron chi connectivity index (χ0n) is 6.59. The van der Waals surface area contributed by atoms with Gasteiger partial charge in [-0.15, -0.1) is 0 Å². The summed E-state index contributed by atoms with van der Waals surface area (Å²) in [4.78, 5) is 23.2. The van der Waals surface area contributed by atoms with Crippen LogP contribution in [-0.2, 0) is 7.05 Å². The zero-order chi connectivity index (χ0) is 10.0. The summed E-state index contributed by atoms with van der Waals surface area (Å²) in [5, 5.41) is 18.9. The Morgan fingerprint density at radius 1 is 1.77 bits per heavy atom. The fourth-order valence-electron chi connectivity index (χ4n) is 0.859. The van der Waals surface area contributed by atoms with Crippen LogP contribution in [0.25, 0.3) is 0 Å². The summed E-state index contributed by atoms with van der Waals surface area (Å²) in [7, 11) is 1.36. The lowest BCUT2D eigenvalue weighted by molar-refractivity contribution is -0.389. The molecule has 0 spiro atoms. The van der Waals surface area contributed by atoms with Crippen molar-refractivity contribution in [2.75, 3.05) is 0 Å². The van der Waals surface area contributed by atoms with Gasteiger partial charge in [-0.2, -0.15) is 5.26 Å². The van der Waals surface area contributed by atoms with Crippen molar-refractivity contribution in [1.29, 1.82) is 5.26 Å². The van der Waals surface area contributed by atoms with Gasteiger partial charge in [0, 0.05) is 7.05 Å². The number of nitrogens with zero attached hydrogens (tertiary/aromatic N) is 4. The van der Waals surface area contributed by atoms with Gasteiger partial charge < -0.3 is 10.1 Å². The normalized spacial score (nSPS) is 9.23. The molecule has 1 heterocycles. The highest BCUT2D eigenvalue weighted by Gasteiger charge is 2.24. The molecule has 1 aromatic rings. The van der Waals surface area contributed by atoms with Crippen molar-refractivity contribution in [3.8, 4) is 6.07 Å². The van der Waals surface area contributed by atoms with Crippen LogP contribution in [0.3, 0.4) is 0 Å². The molecule has 0 aliphatic rings. The molecule has 0 atom stereocenters. The quantitative estimate of drug-likeness (QED) is 0.362. The van der Waals surface area contributed by atoms with Crippen molar-refractivity contribution in [3.63, 3.8) is 0 Å². The van der Waals surface area contributed by atoms with Gasteiger partial charge in [0.2, 0.25) is 12.0 Å². The van der Waals surface area contributed by atoms with E-state index in [0.29, 0.717) is 6.29 Å². The van der Waals surface area contributed by atoms with Crippen molar-refractivity contribution >= 4 is 12.1 Å². The fourth-order valence-corrected chi connectivity index (χ4v) is 0.859. The molecule has 1 rings (SSSR count). The number of rotatable bonds is 2. The van der Waals surface area contributed by atoms with Gasteiger partial charge in [0.25, 0.3) is 5.82 Å². The first kappa shape index (κ1) is 8.86. The molecule has 0 aliphatic carbocycles. The molecular weight excluding hydrogens is 176 g/mol. The van der Waals surface area contributed by atoms with Gasteiger partial charge in [-0.25, -0.2) is 0 Å². The van der Waals surface area contributed by atoms with E-state index in [-0.39, 0.29) is 11.5 Å². The maximum Gasteiger partial charge on any atom is 0.401 e. The van der Waals surface area contributed by atoms with E-state index in [1.165, 1.54) is 7.05 Å². The van der Waals surface area contributed by atoms with Crippen molar-refractivity contribution in [1.82, 2.24) is 9.55 Å². The third kappa shape index (κ3) is 1.24. The van der Waals surface area contributed by atoms with Gasteiger partial charge in [-0.3, -0.25) is 9.36 Å². The molecule has 66 valence electrons. The Morgan fingerprint density at radius 3 is 2.69 bits per heavy atom. The van der Waals surface area contributed by atoms with Gasteiger partial charge in [0.1, 0.15) is 6.07 Å². The van der Waals surface area contributed by atoms with Gasteiger partial charge in [0.15, 0.2) is 0 Å². The molecule has 7 nitrogen and oxygen atoms in total. The molecule has 0 aromatic carbocycles. The second-order valence-electron chi connectivity index (χ2n) is 2.19. The van der Waals surface area contributed by atoms with Crippen molar-refractivity contribution in [2.45, 2.75) is 0 Å². The van der Waals surface area contributed by atoms with E-state index < -0.39 is 10.7 Å². The smallest absolute Gasteiger partial charge is 0.358 e. The predicted octanol–water partition coefficient (Wildman–Crippen LogP) is 0.0125. The minimum absolute atomic E-state index is 0.136. The number of nitro groups is 1. The molecule has 1 aromatic heterocycles. The lowest BCUT2D eigenvalue weighted by Crippen LogP contribution is -1.98. The third-order valence-electron chi connectivity index (χ3n) is 1.50. The summed E-state index contributed by atoms with van der Waals surface area (Å²) in [6.45, 7) is 0. The Kier molecular flexibility index (Phi) is 2.06. The van der Waals surface area contributed by atoms with Crippen LogP contribution < -0.4 is 0 Å². The number of aromatic nitrogens is 2. The molecular formula is C6H4N4O3. The number of aldehydes is 1. The van der Waals surface area contributed by atoms with Crippen LogP contribution in [0.15, 0.2) is 0 Å². The topological polar surface area (TPSA) is 102 Å². The Hall–Kier alpha value is -2.23. The Morgan fingerprint density at radius 2 is 2.38 bits per heavy atom. The van der Waals surface area contributed by atoms with Crippen LogP contribution in [0.2, 0.25) is 0 Å². The fraction of sp³-hybridized carbons (Fsp3) is 0.167. The molecule has 13 heavy (non-hydrogen) atoms. The summed E-state index contributed by atoms with van der Waals surface area (Å²) in [6.07, 6.45) is 0.355. The predicted molar refractivity (Wildman–Crippen MR) is 40.0 cm³/mol. The number of carbonyl (C=O) groups is 1. The molecule has 0 fully saturated rings. The average Bonchev–Trinajstić information content (AvgIpc) is 2.42. The highest BCUT2D eigenvalue weighted by Crippen LogP contribution is 2.15. The third-order valence-corrected chi connectivity index (χ3v) is 1.50. The number of hydrogen-bond acceptors (Lipinski definition) is 5. The molecule has 0 aliphatic heterocycles. The number of nitriles is 1. The van der Waals surface area contributed by atoms with Crippen LogP contribution in [0.1, 0.15) is 16.3 Å². The monoisotopic (exact) mass is 180 g/mol. The first-order chi connectivity index (χ1) is 6.11. The van der Waals surface area contributed by atoms with E-state index in [4.69, 9.17) is 5.26 Å². The van der Waals surface area contributed by atoms with Crippen molar-refractivity contribution < 1.29 is 9.72 Å². The highest BCUT2D eigenvalue weighted by molar-refractivity contribution is 5.71. The van der Waals surface area contributed by atoms with E-state index in [1.54, 1.807) is 6.07 Å². The van der Waals surface area contributed by atoms with Crippen molar-refractivity contribution in [2.24, 2.45) is 7.05 Å². The standard InChI is InChI=1S/C6H4N4O3/c1-9-4(2-7)6(10(12)13)8-5(9)3-11/h3H,1H3. The van der Waals surface area contributed by atoms with E-state index in [2.05, 4.69) is 4.98 Å². The molecule has 0 unspecified atom stereocenters. The lowest BCUT2D eigenvalue weighted by Gasteiger charge is -1.89. The molecule has 7 heteroatoms. The summed E-state index contributed by atoms with van der Waals surface area (Å²) < 4.78 is 1.07. The molecule has 0 saturated heterocycles. The molecule has 0 saturated carbocycles. The summed E-state index contributed by atoms with van der Waals surface area (Å²) in [6, 6.07) is 1.60. The molecule has 0 amide bonds. The number of carbonyl (C=O) groups excluding carboxylic acids is 1.